The third-order valence-electron chi connectivity index (χ3n) is 2.14. The summed E-state index contributed by atoms with van der Waals surface area (Å²) in [6.45, 7) is 5.82. The second-order valence-electron chi connectivity index (χ2n) is 3.79. The van der Waals surface area contributed by atoms with Crippen LogP contribution in [0, 0.1) is 0 Å². The van der Waals surface area contributed by atoms with Crippen LogP contribution >= 0.6 is 11.8 Å². The Hall–Kier alpha value is -1.75. The highest BCUT2D eigenvalue weighted by molar-refractivity contribution is 7.99. The van der Waals surface area contributed by atoms with Gasteiger partial charge in [-0.3, -0.25) is 0 Å². The van der Waals surface area contributed by atoms with Crippen molar-refractivity contribution in [3.63, 3.8) is 0 Å². The van der Waals surface area contributed by atoms with Crippen LogP contribution in [0.5, 0.6) is 0 Å². The number of aromatic nitrogens is 3. The standard InChI is InChI=1S/C12H14N4S/c1-9(2)8-17-12-15-14-11(16(12)13)10-6-4-3-5-7-10/h3-7H,1,8,13H2,2H3. The van der Waals surface area contributed by atoms with Crippen LogP contribution < -0.4 is 5.84 Å². The van der Waals surface area contributed by atoms with Crippen LogP contribution in [0.2, 0.25) is 0 Å². The Kier molecular flexibility index (Phi) is 3.49. The Morgan fingerprint density at radius 3 is 2.71 bits per heavy atom. The van der Waals surface area contributed by atoms with Crippen LogP contribution in [0.1, 0.15) is 6.92 Å². The largest absolute Gasteiger partial charge is 0.335 e. The summed E-state index contributed by atoms with van der Waals surface area (Å²) in [4.78, 5) is 0. The first-order valence-corrected chi connectivity index (χ1v) is 6.20. The van der Waals surface area contributed by atoms with E-state index in [9.17, 15) is 0 Å². The van der Waals surface area contributed by atoms with Gasteiger partial charge < -0.3 is 5.84 Å². The molecule has 0 fully saturated rings. The third-order valence-corrected chi connectivity index (χ3v) is 3.32. The zero-order valence-electron chi connectivity index (χ0n) is 9.63. The van der Waals surface area contributed by atoms with Gasteiger partial charge in [-0.15, -0.1) is 10.2 Å². The Balaban J connectivity index is 2.24. The van der Waals surface area contributed by atoms with Crippen LogP contribution in [0.4, 0.5) is 0 Å². The van der Waals surface area contributed by atoms with E-state index in [1.165, 1.54) is 16.4 Å². The number of thioether (sulfide) groups is 1. The molecule has 88 valence electrons. The van der Waals surface area contributed by atoms with E-state index in [-0.39, 0.29) is 0 Å². The van der Waals surface area contributed by atoms with Gasteiger partial charge in [0, 0.05) is 11.3 Å². The summed E-state index contributed by atoms with van der Waals surface area (Å²) < 4.78 is 1.52. The van der Waals surface area contributed by atoms with E-state index in [0.717, 1.165) is 16.9 Å². The predicted molar refractivity (Wildman–Crippen MR) is 71.1 cm³/mol. The molecule has 0 radical (unpaired) electrons. The van der Waals surface area contributed by atoms with Gasteiger partial charge in [-0.1, -0.05) is 54.2 Å². The minimum absolute atomic E-state index is 0.676. The van der Waals surface area contributed by atoms with Gasteiger partial charge in [-0.25, -0.2) is 4.68 Å². The van der Waals surface area contributed by atoms with Crippen LogP contribution in [0.25, 0.3) is 11.4 Å². The fourth-order valence-electron chi connectivity index (χ4n) is 1.35. The number of rotatable bonds is 4. The Morgan fingerprint density at radius 2 is 2.06 bits per heavy atom. The van der Waals surface area contributed by atoms with Crippen LogP contribution in [-0.4, -0.2) is 20.6 Å². The molecule has 0 aliphatic rings. The first-order chi connectivity index (χ1) is 8.18. The van der Waals surface area contributed by atoms with Gasteiger partial charge in [-0.2, -0.15) is 0 Å². The zero-order chi connectivity index (χ0) is 12.3. The molecule has 0 saturated heterocycles. The Morgan fingerprint density at radius 1 is 1.35 bits per heavy atom. The molecule has 0 unspecified atom stereocenters. The predicted octanol–water partition coefficient (Wildman–Crippen LogP) is 2.33. The number of nitrogens with two attached hydrogens (primary N) is 1. The summed E-state index contributed by atoms with van der Waals surface area (Å²) in [6, 6.07) is 9.77. The summed E-state index contributed by atoms with van der Waals surface area (Å²) in [5, 5.41) is 8.88. The molecular formula is C12H14N4S. The summed E-state index contributed by atoms with van der Waals surface area (Å²) >= 11 is 1.54. The average Bonchev–Trinajstić information content (AvgIpc) is 2.69. The van der Waals surface area contributed by atoms with Crippen molar-refractivity contribution in [3.8, 4) is 11.4 Å². The maximum absolute atomic E-state index is 5.96. The fraction of sp³-hybridized carbons (Fsp3) is 0.167. The monoisotopic (exact) mass is 246 g/mol. The van der Waals surface area contributed by atoms with E-state index in [4.69, 9.17) is 5.84 Å². The van der Waals surface area contributed by atoms with E-state index in [0.29, 0.717) is 11.0 Å². The maximum Gasteiger partial charge on any atom is 0.210 e. The van der Waals surface area contributed by atoms with E-state index in [1.807, 2.05) is 37.3 Å². The Bertz CT molecular complexity index is 519. The average molecular weight is 246 g/mol. The van der Waals surface area contributed by atoms with Crippen molar-refractivity contribution in [1.29, 1.82) is 0 Å². The van der Waals surface area contributed by atoms with Crippen LogP contribution in [-0.2, 0) is 0 Å². The number of nitrogen functional groups attached to an aromatic ring is 1. The molecule has 2 N–H and O–H groups in total. The molecule has 2 rings (SSSR count). The molecule has 0 bridgehead atoms. The highest BCUT2D eigenvalue weighted by Crippen LogP contribution is 2.22. The number of hydrogen-bond donors (Lipinski definition) is 1. The van der Waals surface area contributed by atoms with Crippen molar-refractivity contribution >= 4 is 11.8 Å². The fourth-order valence-corrected chi connectivity index (χ4v) is 2.05. The lowest BCUT2D eigenvalue weighted by Gasteiger charge is -2.03. The molecule has 0 atom stereocenters. The van der Waals surface area contributed by atoms with Gasteiger partial charge >= 0.3 is 0 Å². The molecule has 0 aliphatic carbocycles. The summed E-state index contributed by atoms with van der Waals surface area (Å²) in [5.41, 5.74) is 2.05. The van der Waals surface area contributed by atoms with E-state index in [1.54, 1.807) is 0 Å². The first-order valence-electron chi connectivity index (χ1n) is 5.21. The molecule has 0 amide bonds. The lowest BCUT2D eigenvalue weighted by Crippen LogP contribution is -2.11. The molecule has 0 saturated carbocycles. The summed E-state index contributed by atoms with van der Waals surface area (Å²) in [7, 11) is 0. The highest BCUT2D eigenvalue weighted by atomic mass is 32.2. The molecule has 17 heavy (non-hydrogen) atoms. The van der Waals surface area contributed by atoms with Gasteiger partial charge in [-0.05, 0) is 6.92 Å². The molecule has 4 nitrogen and oxygen atoms in total. The molecule has 5 heteroatoms. The van der Waals surface area contributed by atoms with Crippen molar-refractivity contribution in [1.82, 2.24) is 14.9 Å². The molecule has 1 aromatic heterocycles. The van der Waals surface area contributed by atoms with E-state index >= 15 is 0 Å². The van der Waals surface area contributed by atoms with Gasteiger partial charge in [0.2, 0.25) is 5.16 Å². The van der Waals surface area contributed by atoms with Crippen LogP contribution in [0.3, 0.4) is 0 Å². The number of hydrogen-bond acceptors (Lipinski definition) is 4. The quantitative estimate of drug-likeness (QED) is 0.511. The van der Waals surface area contributed by atoms with Crippen molar-refractivity contribution in [2.45, 2.75) is 12.1 Å². The molecular weight excluding hydrogens is 232 g/mol. The van der Waals surface area contributed by atoms with Crippen molar-refractivity contribution in [3.05, 3.63) is 42.5 Å². The zero-order valence-corrected chi connectivity index (χ0v) is 10.4. The smallest absolute Gasteiger partial charge is 0.210 e. The summed E-state index contributed by atoms with van der Waals surface area (Å²) in [6.07, 6.45) is 0. The highest BCUT2D eigenvalue weighted by Gasteiger charge is 2.11. The minimum Gasteiger partial charge on any atom is -0.335 e. The number of benzene rings is 1. The maximum atomic E-state index is 5.96. The topological polar surface area (TPSA) is 56.7 Å². The Labute approximate surface area is 105 Å². The third kappa shape index (κ3) is 2.68. The van der Waals surface area contributed by atoms with Crippen molar-refractivity contribution < 1.29 is 0 Å². The second kappa shape index (κ2) is 5.05. The SMILES string of the molecule is C=C(C)CSc1nnc(-c2ccccc2)n1N. The van der Waals surface area contributed by atoms with Crippen LogP contribution in [0.15, 0.2) is 47.6 Å². The van der Waals surface area contributed by atoms with E-state index in [2.05, 4.69) is 16.8 Å². The van der Waals surface area contributed by atoms with Gasteiger partial charge in [0.25, 0.3) is 0 Å². The number of nitrogens with zero attached hydrogens (tertiary/aromatic N) is 3. The first kappa shape index (κ1) is 11.7. The molecule has 0 spiro atoms. The lowest BCUT2D eigenvalue weighted by molar-refractivity contribution is 0.850. The summed E-state index contributed by atoms with van der Waals surface area (Å²) in [5.74, 6) is 7.43. The molecule has 1 heterocycles. The molecule has 2 aromatic rings. The molecule has 1 aromatic carbocycles. The molecule has 0 aliphatic heterocycles. The van der Waals surface area contributed by atoms with Crippen molar-refractivity contribution in [2.24, 2.45) is 0 Å². The van der Waals surface area contributed by atoms with Gasteiger partial charge in [0.1, 0.15) is 0 Å². The van der Waals surface area contributed by atoms with E-state index < -0.39 is 0 Å². The van der Waals surface area contributed by atoms with Gasteiger partial charge in [0.05, 0.1) is 0 Å². The van der Waals surface area contributed by atoms with Crippen molar-refractivity contribution in [2.75, 3.05) is 11.6 Å². The second-order valence-corrected chi connectivity index (χ2v) is 4.73. The minimum atomic E-state index is 0.676. The van der Waals surface area contributed by atoms with Gasteiger partial charge in [0.15, 0.2) is 5.82 Å². The normalized spacial score (nSPS) is 10.4. The lowest BCUT2D eigenvalue weighted by atomic mass is 10.2.